The Balaban J connectivity index is 0.000000232. The van der Waals surface area contributed by atoms with Crippen LogP contribution in [0.4, 0.5) is 0 Å². The molecule has 0 aliphatic rings. The van der Waals surface area contributed by atoms with Crippen molar-refractivity contribution in [2.24, 2.45) is 0 Å². The Morgan fingerprint density at radius 1 is 1.28 bits per heavy atom. The number of benzene rings is 1. The number of hydrogen-bond donors (Lipinski definition) is 1. The standard InChI is InChI=1S/C10H9NO.C5H11Cl/c12-6-5-9-7-8-3-1-2-4-10(8)11-9;1-2-3-4-5-6/h1-4,6-7,11H,5H2;2-5H2,1H3. The van der Waals surface area contributed by atoms with Crippen LogP contribution >= 0.6 is 11.6 Å². The molecule has 1 N–H and O–H groups in total. The van der Waals surface area contributed by atoms with Crippen molar-refractivity contribution in [3.63, 3.8) is 0 Å². The van der Waals surface area contributed by atoms with Gasteiger partial charge in [-0.15, -0.1) is 11.6 Å². The number of alkyl halides is 1. The van der Waals surface area contributed by atoms with E-state index in [0.717, 1.165) is 28.8 Å². The molecule has 0 aliphatic heterocycles. The molecule has 0 spiro atoms. The van der Waals surface area contributed by atoms with E-state index in [9.17, 15) is 4.79 Å². The highest BCUT2D eigenvalue weighted by molar-refractivity contribution is 6.17. The van der Waals surface area contributed by atoms with Crippen LogP contribution in [0.1, 0.15) is 31.9 Å². The van der Waals surface area contributed by atoms with Gasteiger partial charge in [0.2, 0.25) is 0 Å². The van der Waals surface area contributed by atoms with Crippen LogP contribution in [0.2, 0.25) is 0 Å². The molecular weight excluding hydrogens is 246 g/mol. The third-order valence-electron chi connectivity index (χ3n) is 2.63. The summed E-state index contributed by atoms with van der Waals surface area (Å²) in [5.74, 6) is 0.827. The van der Waals surface area contributed by atoms with Gasteiger partial charge in [0.05, 0.1) is 0 Å². The quantitative estimate of drug-likeness (QED) is 0.487. The molecule has 2 nitrogen and oxygen atoms in total. The number of aromatic nitrogens is 1. The smallest absolute Gasteiger partial charge is 0.125 e. The van der Waals surface area contributed by atoms with Crippen LogP contribution in [0, 0.1) is 0 Å². The number of fused-ring (bicyclic) bond motifs is 1. The van der Waals surface area contributed by atoms with Gasteiger partial charge < -0.3 is 9.78 Å². The van der Waals surface area contributed by atoms with Crippen LogP contribution in [-0.4, -0.2) is 17.2 Å². The minimum Gasteiger partial charge on any atom is -0.358 e. The number of H-pyrrole nitrogens is 1. The van der Waals surface area contributed by atoms with E-state index >= 15 is 0 Å². The van der Waals surface area contributed by atoms with Crippen LogP contribution in [0.3, 0.4) is 0 Å². The summed E-state index contributed by atoms with van der Waals surface area (Å²) in [5, 5.41) is 1.16. The molecule has 0 atom stereocenters. The zero-order chi connectivity index (χ0) is 13.2. The predicted octanol–water partition coefficient (Wildman–Crippen LogP) is 4.32. The number of carbonyl (C=O) groups excluding carboxylic acids is 1. The third-order valence-corrected chi connectivity index (χ3v) is 2.89. The minimum atomic E-state index is 0.467. The topological polar surface area (TPSA) is 32.9 Å². The fourth-order valence-corrected chi connectivity index (χ4v) is 1.87. The Morgan fingerprint density at radius 2 is 2.06 bits per heavy atom. The molecule has 18 heavy (non-hydrogen) atoms. The first-order valence-electron chi connectivity index (χ1n) is 6.38. The van der Waals surface area contributed by atoms with Gasteiger partial charge in [-0.1, -0.05) is 38.0 Å². The lowest BCUT2D eigenvalue weighted by atomic mass is 10.2. The van der Waals surface area contributed by atoms with Gasteiger partial charge in [-0.25, -0.2) is 0 Å². The van der Waals surface area contributed by atoms with Crippen molar-refractivity contribution in [3.05, 3.63) is 36.0 Å². The molecule has 98 valence electrons. The van der Waals surface area contributed by atoms with Crippen molar-refractivity contribution in [2.45, 2.75) is 32.6 Å². The highest BCUT2D eigenvalue weighted by Gasteiger charge is 1.97. The number of nitrogens with one attached hydrogen (secondary N) is 1. The molecule has 1 aromatic heterocycles. The molecule has 0 saturated heterocycles. The lowest BCUT2D eigenvalue weighted by Crippen LogP contribution is -1.83. The van der Waals surface area contributed by atoms with E-state index in [-0.39, 0.29) is 0 Å². The van der Waals surface area contributed by atoms with Crippen LogP contribution in [0.25, 0.3) is 10.9 Å². The van der Waals surface area contributed by atoms with Crippen LogP contribution < -0.4 is 0 Å². The second kappa shape index (κ2) is 8.76. The summed E-state index contributed by atoms with van der Waals surface area (Å²) in [6.07, 6.45) is 5.10. The van der Waals surface area contributed by atoms with E-state index in [2.05, 4.69) is 11.9 Å². The molecule has 0 aliphatic carbocycles. The molecule has 0 fully saturated rings. The largest absolute Gasteiger partial charge is 0.358 e. The molecule has 0 saturated carbocycles. The zero-order valence-corrected chi connectivity index (χ0v) is 11.5. The molecule has 1 aromatic carbocycles. The van der Waals surface area contributed by atoms with Crippen LogP contribution in [0.5, 0.6) is 0 Å². The molecule has 1 heterocycles. The van der Waals surface area contributed by atoms with Crippen molar-refractivity contribution < 1.29 is 4.79 Å². The number of carbonyl (C=O) groups is 1. The normalized spacial score (nSPS) is 9.89. The number of aromatic amines is 1. The lowest BCUT2D eigenvalue weighted by molar-refractivity contribution is -0.107. The molecule has 3 heteroatoms. The number of rotatable bonds is 5. The number of unbranched alkanes of at least 4 members (excludes halogenated alkanes) is 2. The predicted molar refractivity (Wildman–Crippen MR) is 78.3 cm³/mol. The van der Waals surface area contributed by atoms with Crippen LogP contribution in [0.15, 0.2) is 30.3 Å². The van der Waals surface area contributed by atoms with Gasteiger partial charge >= 0.3 is 0 Å². The summed E-state index contributed by atoms with van der Waals surface area (Å²) in [5.41, 5.74) is 2.07. The first-order chi connectivity index (χ1) is 8.81. The highest BCUT2D eigenvalue weighted by Crippen LogP contribution is 2.14. The number of hydrogen-bond acceptors (Lipinski definition) is 1. The molecule has 0 bridgehead atoms. The molecule has 2 rings (SSSR count). The van der Waals surface area contributed by atoms with E-state index in [1.54, 1.807) is 0 Å². The average molecular weight is 266 g/mol. The van der Waals surface area contributed by atoms with Gasteiger partial charge in [0.25, 0.3) is 0 Å². The van der Waals surface area contributed by atoms with Gasteiger partial charge in [-0.3, -0.25) is 0 Å². The Bertz CT molecular complexity index is 427. The van der Waals surface area contributed by atoms with Crippen molar-refractivity contribution in [1.29, 1.82) is 0 Å². The summed E-state index contributed by atoms with van der Waals surface area (Å²) < 4.78 is 0. The van der Waals surface area contributed by atoms with Crippen molar-refractivity contribution in [2.75, 3.05) is 5.88 Å². The maximum Gasteiger partial charge on any atom is 0.125 e. The third kappa shape index (κ3) is 4.92. The highest BCUT2D eigenvalue weighted by atomic mass is 35.5. The van der Waals surface area contributed by atoms with E-state index in [0.29, 0.717) is 6.42 Å². The van der Waals surface area contributed by atoms with E-state index < -0.39 is 0 Å². The number of aldehydes is 1. The first kappa shape index (κ1) is 14.8. The van der Waals surface area contributed by atoms with Crippen molar-refractivity contribution in [3.8, 4) is 0 Å². The van der Waals surface area contributed by atoms with E-state index in [1.807, 2.05) is 30.3 Å². The van der Waals surface area contributed by atoms with Gasteiger partial charge in [0, 0.05) is 23.5 Å². The van der Waals surface area contributed by atoms with Crippen molar-refractivity contribution >= 4 is 28.8 Å². The van der Waals surface area contributed by atoms with Crippen LogP contribution in [-0.2, 0) is 11.2 Å². The minimum absolute atomic E-state index is 0.467. The second-order valence-electron chi connectivity index (χ2n) is 4.15. The maximum atomic E-state index is 10.2. The lowest BCUT2D eigenvalue weighted by Gasteiger charge is -1.84. The first-order valence-corrected chi connectivity index (χ1v) is 6.91. The molecule has 0 radical (unpaired) electrons. The molecule has 2 aromatic rings. The number of halogens is 1. The Hall–Kier alpha value is -1.28. The summed E-state index contributed by atoms with van der Waals surface area (Å²) >= 11 is 5.38. The summed E-state index contributed by atoms with van der Waals surface area (Å²) in [7, 11) is 0. The Morgan fingerprint density at radius 3 is 2.61 bits per heavy atom. The Kier molecular flexibility index (Phi) is 7.19. The van der Waals surface area contributed by atoms with E-state index in [4.69, 9.17) is 11.6 Å². The van der Waals surface area contributed by atoms with Gasteiger partial charge in [0.15, 0.2) is 0 Å². The molecular formula is C15H20ClNO. The SMILES string of the molecule is CCCCCCl.O=CCc1cc2ccccc2[nH]1. The van der Waals surface area contributed by atoms with Gasteiger partial charge in [0.1, 0.15) is 6.29 Å². The second-order valence-corrected chi connectivity index (χ2v) is 4.53. The summed E-state index contributed by atoms with van der Waals surface area (Å²) in [6, 6.07) is 10.00. The molecule has 0 amide bonds. The monoisotopic (exact) mass is 265 g/mol. The maximum absolute atomic E-state index is 10.2. The summed E-state index contributed by atoms with van der Waals surface area (Å²) in [6.45, 7) is 2.17. The average Bonchev–Trinajstić information content (AvgIpc) is 2.80. The summed E-state index contributed by atoms with van der Waals surface area (Å²) in [4.78, 5) is 13.4. The van der Waals surface area contributed by atoms with Crippen molar-refractivity contribution in [1.82, 2.24) is 4.98 Å². The van der Waals surface area contributed by atoms with Gasteiger partial charge in [-0.05, 0) is 23.9 Å². The zero-order valence-electron chi connectivity index (χ0n) is 10.8. The fourth-order valence-electron chi connectivity index (χ4n) is 1.68. The van der Waals surface area contributed by atoms with E-state index in [1.165, 1.54) is 19.3 Å². The Labute approximate surface area is 113 Å². The van der Waals surface area contributed by atoms with Gasteiger partial charge in [-0.2, -0.15) is 0 Å². The number of para-hydroxylation sites is 1. The molecule has 0 unspecified atom stereocenters. The fraction of sp³-hybridized carbons (Fsp3) is 0.400.